The van der Waals surface area contributed by atoms with Crippen LogP contribution in [-0.4, -0.2) is 25.1 Å². The number of ether oxygens (including phenoxy) is 2. The van der Waals surface area contributed by atoms with Gasteiger partial charge in [0, 0.05) is 29.3 Å². The van der Waals surface area contributed by atoms with Gasteiger partial charge in [-0.3, -0.25) is 4.79 Å². The number of allylic oxidation sites excluding steroid dienone is 2. The number of rotatable bonds is 7. The summed E-state index contributed by atoms with van der Waals surface area (Å²) in [4.78, 5) is 19.4. The quantitative estimate of drug-likeness (QED) is 0.430. The summed E-state index contributed by atoms with van der Waals surface area (Å²) in [7, 11) is 3.08. The number of aromatic nitrogens is 1. The van der Waals surface area contributed by atoms with Crippen LogP contribution < -0.4 is 5.56 Å². The SMILES string of the molecule is C=C(C[C@](C)(C#N)c1ccc2cc(CC)c(=O)[nH]c2c1)N=C(/C=C(\C)OC)OC. The molecule has 0 fully saturated rings. The first-order valence-corrected chi connectivity index (χ1v) is 9.36. The largest absolute Gasteiger partial charge is 0.501 e. The van der Waals surface area contributed by atoms with E-state index in [0.29, 0.717) is 35.7 Å². The molecule has 1 aromatic heterocycles. The van der Waals surface area contributed by atoms with Gasteiger partial charge >= 0.3 is 0 Å². The second-order valence-electron chi connectivity index (χ2n) is 7.08. The fourth-order valence-corrected chi connectivity index (χ4v) is 3.03. The Bertz CT molecular complexity index is 1070. The van der Waals surface area contributed by atoms with E-state index < -0.39 is 5.41 Å². The van der Waals surface area contributed by atoms with Crippen molar-refractivity contribution >= 4 is 16.8 Å². The van der Waals surface area contributed by atoms with Crippen molar-refractivity contribution in [1.82, 2.24) is 4.98 Å². The van der Waals surface area contributed by atoms with Crippen LogP contribution in [0.4, 0.5) is 0 Å². The molecular formula is C23H27N3O3. The van der Waals surface area contributed by atoms with Gasteiger partial charge in [0.25, 0.3) is 5.56 Å². The van der Waals surface area contributed by atoms with E-state index >= 15 is 0 Å². The van der Waals surface area contributed by atoms with E-state index in [4.69, 9.17) is 9.47 Å². The number of methoxy groups -OCH3 is 2. The van der Waals surface area contributed by atoms with E-state index in [0.717, 1.165) is 16.5 Å². The monoisotopic (exact) mass is 393 g/mol. The lowest BCUT2D eigenvalue weighted by molar-refractivity contribution is 0.292. The van der Waals surface area contributed by atoms with Crippen LogP contribution in [-0.2, 0) is 21.3 Å². The molecule has 0 spiro atoms. The van der Waals surface area contributed by atoms with Gasteiger partial charge in [0.05, 0.1) is 31.5 Å². The van der Waals surface area contributed by atoms with Crippen molar-refractivity contribution in [1.29, 1.82) is 5.26 Å². The first-order chi connectivity index (χ1) is 13.8. The van der Waals surface area contributed by atoms with Gasteiger partial charge in [0.1, 0.15) is 0 Å². The third-order valence-electron chi connectivity index (χ3n) is 4.87. The van der Waals surface area contributed by atoms with Crippen LogP contribution in [0.15, 0.2) is 58.2 Å². The molecule has 0 radical (unpaired) electrons. The number of benzene rings is 1. The summed E-state index contributed by atoms with van der Waals surface area (Å²) in [6.07, 6.45) is 2.62. The van der Waals surface area contributed by atoms with Gasteiger partial charge in [0.15, 0.2) is 0 Å². The van der Waals surface area contributed by atoms with Crippen LogP contribution in [0, 0.1) is 11.3 Å². The molecule has 1 aromatic carbocycles. The van der Waals surface area contributed by atoms with E-state index in [9.17, 15) is 10.1 Å². The first-order valence-electron chi connectivity index (χ1n) is 9.36. The van der Waals surface area contributed by atoms with E-state index in [-0.39, 0.29) is 5.56 Å². The van der Waals surface area contributed by atoms with E-state index in [1.165, 1.54) is 7.11 Å². The van der Waals surface area contributed by atoms with Crippen molar-refractivity contribution in [3.05, 3.63) is 69.9 Å². The third-order valence-corrected chi connectivity index (χ3v) is 4.87. The normalized spacial score (nSPS) is 14.2. The molecule has 0 aliphatic carbocycles. The average molecular weight is 393 g/mol. The molecule has 1 N–H and O–H groups in total. The molecule has 1 heterocycles. The number of aromatic amines is 1. The summed E-state index contributed by atoms with van der Waals surface area (Å²) >= 11 is 0. The molecule has 2 aromatic rings. The smallest absolute Gasteiger partial charge is 0.251 e. The molecule has 6 heteroatoms. The minimum Gasteiger partial charge on any atom is -0.501 e. The molecule has 0 saturated carbocycles. The van der Waals surface area contributed by atoms with Crippen LogP contribution in [0.1, 0.15) is 38.3 Å². The van der Waals surface area contributed by atoms with Crippen LogP contribution in [0.5, 0.6) is 0 Å². The van der Waals surface area contributed by atoms with E-state index in [1.807, 2.05) is 38.1 Å². The number of aliphatic imine (C=N–C) groups is 1. The molecule has 29 heavy (non-hydrogen) atoms. The Morgan fingerprint density at radius 1 is 1.34 bits per heavy atom. The van der Waals surface area contributed by atoms with Crippen LogP contribution in [0.3, 0.4) is 0 Å². The molecule has 0 saturated heterocycles. The minimum absolute atomic E-state index is 0.102. The first kappa shape index (κ1) is 22.0. The number of hydrogen-bond donors (Lipinski definition) is 1. The highest BCUT2D eigenvalue weighted by molar-refractivity contribution is 5.88. The zero-order valence-electron chi connectivity index (χ0n) is 17.6. The number of hydrogen-bond acceptors (Lipinski definition) is 5. The van der Waals surface area contributed by atoms with Crippen molar-refractivity contribution < 1.29 is 9.47 Å². The molecular weight excluding hydrogens is 366 g/mol. The standard InChI is InChI=1S/C23H27N3O3/c1-7-17-11-18-8-9-19(12-20(18)26-22(17)27)23(4,14-24)13-15(2)25-21(29-6)10-16(3)28-5/h8-12H,2,7,13H2,1,3-6H3,(H,26,27)/b16-10+,25-21?/t23-/m1/s1. The van der Waals surface area contributed by atoms with Gasteiger partial charge in [-0.1, -0.05) is 25.6 Å². The summed E-state index contributed by atoms with van der Waals surface area (Å²) < 4.78 is 10.4. The maximum Gasteiger partial charge on any atom is 0.251 e. The van der Waals surface area contributed by atoms with Crippen LogP contribution in [0.25, 0.3) is 10.9 Å². The number of fused-ring (bicyclic) bond motifs is 1. The number of H-pyrrole nitrogens is 1. The Hall–Kier alpha value is -3.33. The topological polar surface area (TPSA) is 87.5 Å². The maximum absolute atomic E-state index is 12.2. The van der Waals surface area contributed by atoms with Gasteiger partial charge < -0.3 is 14.5 Å². The van der Waals surface area contributed by atoms with Crippen molar-refractivity contribution in [2.24, 2.45) is 4.99 Å². The maximum atomic E-state index is 12.2. The van der Waals surface area contributed by atoms with Crippen LogP contribution >= 0.6 is 0 Å². The second kappa shape index (κ2) is 9.24. The zero-order valence-corrected chi connectivity index (χ0v) is 17.6. The molecule has 0 aliphatic heterocycles. The number of nitrogens with one attached hydrogen (secondary N) is 1. The van der Waals surface area contributed by atoms with Gasteiger partial charge in [-0.25, -0.2) is 4.99 Å². The van der Waals surface area contributed by atoms with Crippen molar-refractivity contribution in [3.8, 4) is 6.07 Å². The average Bonchev–Trinajstić information content (AvgIpc) is 2.71. The summed E-state index contributed by atoms with van der Waals surface area (Å²) in [5.41, 5.74) is 1.76. The van der Waals surface area contributed by atoms with Crippen molar-refractivity contribution in [2.45, 2.75) is 39.0 Å². The molecule has 0 aliphatic rings. The van der Waals surface area contributed by atoms with E-state index in [2.05, 4.69) is 22.6 Å². The van der Waals surface area contributed by atoms with Gasteiger partial charge in [-0.15, -0.1) is 0 Å². The summed E-state index contributed by atoms with van der Waals surface area (Å²) in [6, 6.07) is 9.94. The Morgan fingerprint density at radius 2 is 2.07 bits per heavy atom. The Balaban J connectivity index is 2.39. The van der Waals surface area contributed by atoms with Crippen LogP contribution in [0.2, 0.25) is 0 Å². The highest BCUT2D eigenvalue weighted by Crippen LogP contribution is 2.32. The second-order valence-corrected chi connectivity index (χ2v) is 7.08. The molecule has 0 amide bonds. The summed E-state index contributed by atoms with van der Waals surface area (Å²) in [6.45, 7) is 9.55. The lowest BCUT2D eigenvalue weighted by Crippen LogP contribution is -2.21. The summed E-state index contributed by atoms with van der Waals surface area (Å²) in [5, 5.41) is 10.8. The third kappa shape index (κ3) is 5.14. The number of aryl methyl sites for hydroxylation is 1. The Kier molecular flexibility index (Phi) is 7.00. The number of nitriles is 1. The highest BCUT2D eigenvalue weighted by atomic mass is 16.5. The lowest BCUT2D eigenvalue weighted by atomic mass is 9.79. The minimum atomic E-state index is -0.867. The van der Waals surface area contributed by atoms with Gasteiger partial charge in [-0.2, -0.15) is 5.26 Å². The van der Waals surface area contributed by atoms with Crippen molar-refractivity contribution in [2.75, 3.05) is 14.2 Å². The highest BCUT2D eigenvalue weighted by Gasteiger charge is 2.28. The predicted octanol–water partition coefficient (Wildman–Crippen LogP) is 4.37. The number of pyridine rings is 1. The Labute approximate surface area is 171 Å². The Morgan fingerprint density at radius 3 is 2.66 bits per heavy atom. The fraction of sp³-hybridized carbons (Fsp3) is 0.348. The molecule has 152 valence electrons. The van der Waals surface area contributed by atoms with Gasteiger partial charge in [0.2, 0.25) is 5.90 Å². The van der Waals surface area contributed by atoms with Crippen molar-refractivity contribution in [3.63, 3.8) is 0 Å². The molecule has 6 nitrogen and oxygen atoms in total. The van der Waals surface area contributed by atoms with E-state index in [1.54, 1.807) is 20.1 Å². The molecule has 2 rings (SSSR count). The fourth-order valence-electron chi connectivity index (χ4n) is 3.03. The molecule has 1 atom stereocenters. The zero-order chi connectivity index (χ0) is 21.6. The predicted molar refractivity (Wildman–Crippen MR) is 116 cm³/mol. The lowest BCUT2D eigenvalue weighted by Gasteiger charge is -2.22. The molecule has 0 bridgehead atoms. The summed E-state index contributed by atoms with van der Waals surface area (Å²) in [5.74, 6) is 0.996. The molecule has 0 unspecified atom stereocenters. The van der Waals surface area contributed by atoms with Gasteiger partial charge in [-0.05, 0) is 43.4 Å². The number of nitrogens with zero attached hydrogens (tertiary/aromatic N) is 2.